The largest absolute Gasteiger partial charge is 0.354 e. The molecule has 1 atom stereocenters. The summed E-state index contributed by atoms with van der Waals surface area (Å²) < 4.78 is 0. The SMILES string of the molecule is C[C@H](N)C(=O)NCC1CCN(Cc2ccccc2)CC1. The average molecular weight is 275 g/mol. The second-order valence-electron chi connectivity index (χ2n) is 5.74. The molecular formula is C16H25N3O. The molecule has 0 spiro atoms. The van der Waals surface area contributed by atoms with Crippen molar-refractivity contribution in [1.29, 1.82) is 0 Å². The quantitative estimate of drug-likeness (QED) is 0.853. The zero-order chi connectivity index (χ0) is 14.4. The average Bonchev–Trinajstić information content (AvgIpc) is 2.47. The van der Waals surface area contributed by atoms with Gasteiger partial charge in [-0.3, -0.25) is 9.69 Å². The minimum absolute atomic E-state index is 0.0447. The summed E-state index contributed by atoms with van der Waals surface area (Å²) in [7, 11) is 0. The summed E-state index contributed by atoms with van der Waals surface area (Å²) in [5, 5.41) is 2.93. The van der Waals surface area contributed by atoms with Crippen molar-refractivity contribution in [3.63, 3.8) is 0 Å². The molecule has 1 amide bonds. The molecule has 1 fully saturated rings. The van der Waals surface area contributed by atoms with Gasteiger partial charge in [0.1, 0.15) is 0 Å². The molecule has 1 aliphatic heterocycles. The molecular weight excluding hydrogens is 250 g/mol. The van der Waals surface area contributed by atoms with Crippen LogP contribution in [0.3, 0.4) is 0 Å². The molecule has 4 nitrogen and oxygen atoms in total. The fourth-order valence-electron chi connectivity index (χ4n) is 2.60. The van der Waals surface area contributed by atoms with Gasteiger partial charge < -0.3 is 11.1 Å². The van der Waals surface area contributed by atoms with Crippen LogP contribution in [-0.2, 0) is 11.3 Å². The van der Waals surface area contributed by atoms with Crippen LogP contribution in [0.2, 0.25) is 0 Å². The smallest absolute Gasteiger partial charge is 0.236 e. The molecule has 2 rings (SSSR count). The maximum Gasteiger partial charge on any atom is 0.236 e. The maximum atomic E-state index is 11.4. The van der Waals surface area contributed by atoms with Crippen LogP contribution in [-0.4, -0.2) is 36.5 Å². The third-order valence-corrected chi connectivity index (χ3v) is 3.93. The number of hydrogen-bond donors (Lipinski definition) is 2. The van der Waals surface area contributed by atoms with Crippen LogP contribution in [0.4, 0.5) is 0 Å². The van der Waals surface area contributed by atoms with E-state index < -0.39 is 6.04 Å². The fraction of sp³-hybridized carbons (Fsp3) is 0.562. The second-order valence-corrected chi connectivity index (χ2v) is 5.74. The summed E-state index contributed by atoms with van der Waals surface area (Å²) in [5.41, 5.74) is 6.91. The van der Waals surface area contributed by atoms with Gasteiger partial charge in [-0.2, -0.15) is 0 Å². The van der Waals surface area contributed by atoms with Gasteiger partial charge in [-0.1, -0.05) is 30.3 Å². The van der Waals surface area contributed by atoms with E-state index in [1.807, 2.05) is 0 Å². The van der Waals surface area contributed by atoms with Gasteiger partial charge in [0.25, 0.3) is 0 Å². The van der Waals surface area contributed by atoms with Crippen molar-refractivity contribution in [3.05, 3.63) is 35.9 Å². The Morgan fingerprint density at radius 3 is 2.60 bits per heavy atom. The number of nitrogens with one attached hydrogen (secondary N) is 1. The highest BCUT2D eigenvalue weighted by atomic mass is 16.2. The third-order valence-electron chi connectivity index (χ3n) is 3.93. The highest BCUT2D eigenvalue weighted by Crippen LogP contribution is 2.18. The van der Waals surface area contributed by atoms with Crippen LogP contribution in [0.1, 0.15) is 25.3 Å². The van der Waals surface area contributed by atoms with Gasteiger partial charge in [-0.25, -0.2) is 0 Å². The standard InChI is InChI=1S/C16H25N3O/c1-13(17)16(20)18-11-14-7-9-19(10-8-14)12-15-5-3-2-4-6-15/h2-6,13-14H,7-12,17H2,1H3,(H,18,20)/t13-/m0/s1. The van der Waals surface area contributed by atoms with Crippen LogP contribution in [0.25, 0.3) is 0 Å². The predicted octanol–water partition coefficient (Wildman–Crippen LogP) is 1.36. The summed E-state index contributed by atoms with van der Waals surface area (Å²) in [5.74, 6) is 0.543. The van der Waals surface area contributed by atoms with Crippen molar-refractivity contribution < 1.29 is 4.79 Å². The fourth-order valence-corrected chi connectivity index (χ4v) is 2.60. The minimum atomic E-state index is -0.409. The Morgan fingerprint density at radius 2 is 2.00 bits per heavy atom. The van der Waals surface area contributed by atoms with E-state index >= 15 is 0 Å². The lowest BCUT2D eigenvalue weighted by Crippen LogP contribution is -2.43. The number of amides is 1. The van der Waals surface area contributed by atoms with Crippen LogP contribution in [0, 0.1) is 5.92 Å². The Bertz CT molecular complexity index is 411. The van der Waals surface area contributed by atoms with Gasteiger partial charge in [0, 0.05) is 13.1 Å². The van der Waals surface area contributed by atoms with E-state index in [1.54, 1.807) is 6.92 Å². The molecule has 1 aromatic carbocycles. The van der Waals surface area contributed by atoms with E-state index in [0.717, 1.165) is 39.0 Å². The van der Waals surface area contributed by atoms with Gasteiger partial charge in [0.2, 0.25) is 5.91 Å². The monoisotopic (exact) mass is 275 g/mol. The summed E-state index contributed by atoms with van der Waals surface area (Å²) in [4.78, 5) is 13.9. The maximum absolute atomic E-state index is 11.4. The number of rotatable bonds is 5. The number of likely N-dealkylation sites (tertiary alicyclic amines) is 1. The number of benzene rings is 1. The number of hydrogen-bond acceptors (Lipinski definition) is 3. The first-order chi connectivity index (χ1) is 9.65. The first-order valence-corrected chi connectivity index (χ1v) is 7.44. The van der Waals surface area contributed by atoms with E-state index in [1.165, 1.54) is 5.56 Å². The molecule has 1 saturated heterocycles. The van der Waals surface area contributed by atoms with Crippen LogP contribution < -0.4 is 11.1 Å². The Labute approximate surface area is 121 Å². The molecule has 110 valence electrons. The van der Waals surface area contributed by atoms with E-state index in [0.29, 0.717) is 5.92 Å². The lowest BCUT2D eigenvalue weighted by Gasteiger charge is -2.32. The first-order valence-electron chi connectivity index (χ1n) is 7.44. The zero-order valence-corrected chi connectivity index (χ0v) is 12.2. The number of piperidine rings is 1. The Morgan fingerprint density at radius 1 is 1.35 bits per heavy atom. The second kappa shape index (κ2) is 7.41. The molecule has 1 heterocycles. The molecule has 1 aliphatic rings. The Kier molecular flexibility index (Phi) is 5.56. The molecule has 1 aromatic rings. The molecule has 0 bridgehead atoms. The van der Waals surface area contributed by atoms with E-state index in [2.05, 4.69) is 40.5 Å². The lowest BCUT2D eigenvalue weighted by molar-refractivity contribution is -0.122. The molecule has 3 N–H and O–H groups in total. The first kappa shape index (κ1) is 15.0. The number of nitrogens with zero attached hydrogens (tertiary/aromatic N) is 1. The van der Waals surface area contributed by atoms with Crippen molar-refractivity contribution in [2.24, 2.45) is 11.7 Å². The zero-order valence-electron chi connectivity index (χ0n) is 12.2. The topological polar surface area (TPSA) is 58.4 Å². The highest BCUT2D eigenvalue weighted by Gasteiger charge is 2.20. The van der Waals surface area contributed by atoms with Crippen molar-refractivity contribution in [2.45, 2.75) is 32.4 Å². The summed E-state index contributed by atoms with van der Waals surface area (Å²) in [6.45, 7) is 5.72. The molecule has 0 radical (unpaired) electrons. The van der Waals surface area contributed by atoms with Gasteiger partial charge in [0.15, 0.2) is 0 Å². The van der Waals surface area contributed by atoms with E-state index in [-0.39, 0.29) is 5.91 Å². The minimum Gasteiger partial charge on any atom is -0.354 e. The van der Waals surface area contributed by atoms with E-state index in [4.69, 9.17) is 5.73 Å². The Hall–Kier alpha value is -1.39. The van der Waals surface area contributed by atoms with Crippen LogP contribution >= 0.6 is 0 Å². The van der Waals surface area contributed by atoms with Crippen LogP contribution in [0.5, 0.6) is 0 Å². The summed E-state index contributed by atoms with van der Waals surface area (Å²) in [6, 6.07) is 10.2. The van der Waals surface area contributed by atoms with Crippen molar-refractivity contribution in [1.82, 2.24) is 10.2 Å². The molecule has 0 saturated carbocycles. The van der Waals surface area contributed by atoms with Gasteiger partial charge in [0.05, 0.1) is 6.04 Å². The van der Waals surface area contributed by atoms with Gasteiger partial charge in [-0.15, -0.1) is 0 Å². The third kappa shape index (κ3) is 4.62. The van der Waals surface area contributed by atoms with Crippen LogP contribution in [0.15, 0.2) is 30.3 Å². The molecule has 0 aromatic heterocycles. The van der Waals surface area contributed by atoms with E-state index in [9.17, 15) is 4.79 Å². The highest BCUT2D eigenvalue weighted by molar-refractivity contribution is 5.80. The van der Waals surface area contributed by atoms with Crippen molar-refractivity contribution in [2.75, 3.05) is 19.6 Å². The molecule has 4 heteroatoms. The number of nitrogens with two attached hydrogens (primary N) is 1. The van der Waals surface area contributed by atoms with Gasteiger partial charge in [-0.05, 0) is 44.3 Å². The van der Waals surface area contributed by atoms with Crippen molar-refractivity contribution >= 4 is 5.91 Å². The van der Waals surface area contributed by atoms with Gasteiger partial charge >= 0.3 is 0 Å². The predicted molar refractivity (Wildman–Crippen MR) is 81.1 cm³/mol. The number of carbonyl (C=O) groups is 1. The lowest BCUT2D eigenvalue weighted by atomic mass is 9.96. The summed E-state index contributed by atoms with van der Waals surface area (Å²) in [6.07, 6.45) is 2.29. The normalized spacial score (nSPS) is 18.7. The molecule has 20 heavy (non-hydrogen) atoms. The Balaban J connectivity index is 1.69. The summed E-state index contributed by atoms with van der Waals surface area (Å²) >= 11 is 0. The van der Waals surface area contributed by atoms with Crippen molar-refractivity contribution in [3.8, 4) is 0 Å². The molecule has 0 aliphatic carbocycles. The number of carbonyl (C=O) groups excluding carboxylic acids is 1. The molecule has 0 unspecified atom stereocenters.